The molecule has 1 saturated carbocycles. The summed E-state index contributed by atoms with van der Waals surface area (Å²) >= 11 is 0. The number of carbonyl (C=O) groups excluding carboxylic acids is 2. The molecule has 11 heteroatoms. The van der Waals surface area contributed by atoms with Gasteiger partial charge in [-0.1, -0.05) is 40.5 Å². The largest absolute Gasteiger partial charge is 0.497 e. The normalized spacial score (nSPS) is 29.2. The van der Waals surface area contributed by atoms with E-state index in [1.54, 1.807) is 20.1 Å². The Kier molecular flexibility index (Phi) is 7.98. The van der Waals surface area contributed by atoms with Gasteiger partial charge in [0.1, 0.15) is 35.7 Å². The molecule has 1 aromatic heterocycles. The molecule has 2 amide bonds. The molecule has 11 nitrogen and oxygen atoms in total. The first-order valence-corrected chi connectivity index (χ1v) is 14.5. The van der Waals surface area contributed by atoms with E-state index in [0.29, 0.717) is 35.2 Å². The second-order valence-corrected chi connectivity index (χ2v) is 12.6. The summed E-state index contributed by atoms with van der Waals surface area (Å²) in [4.78, 5) is 50.2. The SMILES string of the molecule is COc1ccc2nc3c(nc2c1)O[C@H]1CN(C(=O)[C@H](C(C)(C)C)NC(=O)OC2C[C@H]2CCCCC3)[C@H](C(=O)O)[C@@H]1C. The molecule has 0 spiro atoms. The van der Waals surface area contributed by atoms with Crippen molar-refractivity contribution in [3.63, 3.8) is 0 Å². The Morgan fingerprint density at radius 2 is 1.88 bits per heavy atom. The van der Waals surface area contributed by atoms with Crippen LogP contribution in [0.4, 0.5) is 4.79 Å². The van der Waals surface area contributed by atoms with Gasteiger partial charge in [-0.05, 0) is 49.1 Å². The van der Waals surface area contributed by atoms with Gasteiger partial charge >= 0.3 is 12.1 Å². The van der Waals surface area contributed by atoms with Gasteiger partial charge in [0.2, 0.25) is 11.8 Å². The van der Waals surface area contributed by atoms with Crippen LogP contribution in [-0.2, 0) is 20.7 Å². The molecule has 2 N–H and O–H groups in total. The van der Waals surface area contributed by atoms with Crippen LogP contribution in [0, 0.1) is 17.3 Å². The first kappa shape index (κ1) is 28.9. The quantitative estimate of drug-likeness (QED) is 0.551. The van der Waals surface area contributed by atoms with Crippen molar-refractivity contribution in [1.29, 1.82) is 0 Å². The van der Waals surface area contributed by atoms with Crippen LogP contribution in [-0.4, -0.2) is 75.9 Å². The van der Waals surface area contributed by atoms with Gasteiger partial charge in [0.05, 0.1) is 24.7 Å². The number of carboxylic acid groups (broad SMARTS) is 1. The molecule has 1 aliphatic carbocycles. The molecular weight excluding hydrogens is 528 g/mol. The maximum atomic E-state index is 13.9. The lowest BCUT2D eigenvalue weighted by Gasteiger charge is -2.34. The first-order valence-electron chi connectivity index (χ1n) is 14.5. The number of ether oxygens (including phenoxy) is 3. The number of nitrogens with zero attached hydrogens (tertiary/aromatic N) is 3. The zero-order valence-corrected chi connectivity index (χ0v) is 24.4. The number of rotatable bonds is 2. The third-order valence-electron chi connectivity index (χ3n) is 8.48. The van der Waals surface area contributed by atoms with Gasteiger partial charge < -0.3 is 29.5 Å². The molecule has 3 heterocycles. The fraction of sp³-hybridized carbons (Fsp3) is 0.633. The van der Waals surface area contributed by atoms with Crippen molar-refractivity contribution >= 4 is 29.0 Å². The van der Waals surface area contributed by atoms with Crippen LogP contribution in [0.15, 0.2) is 18.2 Å². The number of alkyl carbamates (subject to hydrolysis) is 1. The molecule has 2 aliphatic heterocycles. The lowest BCUT2D eigenvalue weighted by molar-refractivity contribution is -0.151. The van der Waals surface area contributed by atoms with Crippen LogP contribution in [0.3, 0.4) is 0 Å². The summed E-state index contributed by atoms with van der Waals surface area (Å²) in [6.45, 7) is 7.28. The van der Waals surface area contributed by atoms with Crippen LogP contribution >= 0.6 is 0 Å². The van der Waals surface area contributed by atoms with Gasteiger partial charge in [-0.3, -0.25) is 4.79 Å². The number of nitrogens with one attached hydrogen (secondary N) is 1. The summed E-state index contributed by atoms with van der Waals surface area (Å²) in [7, 11) is 1.58. The number of hydrogen-bond donors (Lipinski definition) is 2. The Morgan fingerprint density at radius 3 is 2.59 bits per heavy atom. The molecule has 2 bridgehead atoms. The van der Waals surface area contributed by atoms with E-state index in [9.17, 15) is 19.5 Å². The Bertz CT molecular complexity index is 1330. The number of aryl methyl sites for hydroxylation is 1. The minimum Gasteiger partial charge on any atom is -0.497 e. The first-order chi connectivity index (χ1) is 19.5. The number of aromatic nitrogens is 2. The van der Waals surface area contributed by atoms with Crippen molar-refractivity contribution in [2.75, 3.05) is 13.7 Å². The van der Waals surface area contributed by atoms with Gasteiger partial charge in [-0.15, -0.1) is 0 Å². The van der Waals surface area contributed by atoms with E-state index in [2.05, 4.69) is 5.32 Å². The van der Waals surface area contributed by atoms with Crippen LogP contribution in [0.25, 0.3) is 11.0 Å². The lowest BCUT2D eigenvalue weighted by atomic mass is 9.85. The number of methoxy groups -OCH3 is 1. The van der Waals surface area contributed by atoms with Crippen LogP contribution in [0.2, 0.25) is 0 Å². The molecule has 2 aromatic rings. The van der Waals surface area contributed by atoms with Crippen molar-refractivity contribution < 1.29 is 33.7 Å². The van der Waals surface area contributed by atoms with E-state index >= 15 is 0 Å². The van der Waals surface area contributed by atoms with Crippen LogP contribution < -0.4 is 14.8 Å². The van der Waals surface area contributed by atoms with E-state index in [0.717, 1.165) is 37.6 Å². The molecule has 0 radical (unpaired) electrons. The van der Waals surface area contributed by atoms with Crippen molar-refractivity contribution in [3.05, 3.63) is 23.9 Å². The van der Waals surface area contributed by atoms with Crippen molar-refractivity contribution in [3.8, 4) is 11.6 Å². The van der Waals surface area contributed by atoms with Gasteiger partial charge in [0.25, 0.3) is 0 Å². The Hall–Kier alpha value is -3.63. The summed E-state index contributed by atoms with van der Waals surface area (Å²) < 4.78 is 17.4. The zero-order valence-electron chi connectivity index (χ0n) is 24.4. The van der Waals surface area contributed by atoms with Crippen LogP contribution in [0.5, 0.6) is 11.6 Å². The molecule has 2 fully saturated rings. The predicted molar refractivity (Wildman–Crippen MR) is 150 cm³/mol. The number of aliphatic carboxylic acids is 1. The average Bonchev–Trinajstić information content (AvgIpc) is 3.56. The molecule has 1 aromatic carbocycles. The molecule has 3 aliphatic rings. The van der Waals surface area contributed by atoms with Gasteiger partial charge in [-0.25, -0.2) is 19.6 Å². The fourth-order valence-electron chi connectivity index (χ4n) is 5.92. The topological polar surface area (TPSA) is 140 Å². The molecule has 1 saturated heterocycles. The fourth-order valence-corrected chi connectivity index (χ4v) is 5.92. The highest BCUT2D eigenvalue weighted by molar-refractivity contribution is 5.90. The molecule has 6 atom stereocenters. The van der Waals surface area contributed by atoms with E-state index < -0.39 is 47.5 Å². The van der Waals surface area contributed by atoms with Crippen molar-refractivity contribution in [2.24, 2.45) is 17.3 Å². The number of fused-ring (bicyclic) bond motifs is 5. The zero-order chi connectivity index (χ0) is 29.5. The second-order valence-electron chi connectivity index (χ2n) is 12.6. The number of benzene rings is 1. The van der Waals surface area contributed by atoms with E-state index in [4.69, 9.17) is 24.2 Å². The highest BCUT2D eigenvalue weighted by Gasteiger charge is 2.51. The monoisotopic (exact) mass is 568 g/mol. The van der Waals surface area contributed by atoms with Crippen LogP contribution in [0.1, 0.15) is 65.5 Å². The average molecular weight is 569 g/mol. The van der Waals surface area contributed by atoms with Gasteiger partial charge in [-0.2, -0.15) is 0 Å². The summed E-state index contributed by atoms with van der Waals surface area (Å²) in [5.41, 5.74) is 1.34. The predicted octanol–water partition coefficient (Wildman–Crippen LogP) is 3.96. The Morgan fingerprint density at radius 1 is 1.10 bits per heavy atom. The Labute approximate surface area is 239 Å². The third kappa shape index (κ3) is 6.18. The van der Waals surface area contributed by atoms with E-state index in [-0.39, 0.29) is 12.6 Å². The van der Waals surface area contributed by atoms with E-state index in [1.165, 1.54) is 4.90 Å². The molecule has 41 heavy (non-hydrogen) atoms. The maximum absolute atomic E-state index is 13.9. The number of carbonyl (C=O) groups is 3. The highest BCUT2D eigenvalue weighted by atomic mass is 16.6. The summed E-state index contributed by atoms with van der Waals surface area (Å²) in [6, 6.07) is 3.37. The number of amides is 2. The molecule has 5 rings (SSSR count). The lowest BCUT2D eigenvalue weighted by Crippen LogP contribution is -2.57. The Balaban J connectivity index is 1.51. The standard InChI is InChI=1S/C30H40N4O7/c1-16-23-15-34(24(16)28(36)37)27(35)25(30(2,3)4)33-29(38)41-22-13-17(22)9-7-6-8-10-20-26(40-23)32-21-14-18(39-5)11-12-19(21)31-20/h11-12,14,16-17,22-25H,6-10,13,15H2,1-5H3,(H,33,38)(H,36,37)/t16-,17-,22?,23+,24+,25-/m1/s1. The minimum atomic E-state index is -1.14. The van der Waals surface area contributed by atoms with Crippen molar-refractivity contribution in [1.82, 2.24) is 20.2 Å². The summed E-state index contributed by atoms with van der Waals surface area (Å²) in [5, 5.41) is 12.9. The third-order valence-corrected chi connectivity index (χ3v) is 8.48. The number of carboxylic acids is 1. The summed E-state index contributed by atoms with van der Waals surface area (Å²) in [5.74, 6) is -0.861. The van der Waals surface area contributed by atoms with E-state index in [1.807, 2.05) is 32.9 Å². The maximum Gasteiger partial charge on any atom is 0.408 e. The smallest absolute Gasteiger partial charge is 0.408 e. The highest BCUT2D eigenvalue weighted by Crippen LogP contribution is 2.39. The number of hydrogen-bond acceptors (Lipinski definition) is 8. The minimum absolute atomic E-state index is 0.0300. The van der Waals surface area contributed by atoms with Gasteiger partial charge in [0, 0.05) is 12.0 Å². The van der Waals surface area contributed by atoms with Crippen molar-refractivity contribution in [2.45, 2.75) is 90.5 Å². The summed E-state index contributed by atoms with van der Waals surface area (Å²) in [6.07, 6.45) is 3.82. The molecule has 222 valence electrons. The second kappa shape index (κ2) is 11.3. The molecular formula is C30H40N4O7. The van der Waals surface area contributed by atoms with Gasteiger partial charge in [0.15, 0.2) is 0 Å². The molecule has 1 unspecified atom stereocenters.